The first kappa shape index (κ1) is 23.7. The summed E-state index contributed by atoms with van der Waals surface area (Å²) in [5, 5.41) is 5.62. The number of para-hydroxylation sites is 3. The minimum Gasteiger partial charge on any atom is -0.497 e. The smallest absolute Gasteiger partial charge is 0.118 e. The molecule has 2 atom stereocenters. The van der Waals surface area contributed by atoms with Gasteiger partial charge in [0.25, 0.3) is 0 Å². The fraction of sp³-hybridized carbons (Fsp3) is 0.129. The maximum absolute atomic E-state index is 6.53. The maximum Gasteiger partial charge on any atom is 0.118 e. The molecule has 0 radical (unpaired) electrons. The van der Waals surface area contributed by atoms with E-state index in [9.17, 15) is 0 Å². The molecule has 0 saturated heterocycles. The van der Waals surface area contributed by atoms with Crippen LogP contribution in [0.1, 0.15) is 16.4 Å². The lowest BCUT2D eigenvalue weighted by Crippen LogP contribution is -2.28. The number of anilines is 1. The number of aromatic nitrogens is 1. The van der Waals surface area contributed by atoms with Crippen LogP contribution in [0.3, 0.4) is 0 Å². The van der Waals surface area contributed by atoms with E-state index < -0.39 is 0 Å². The lowest BCUT2D eigenvalue weighted by Gasteiger charge is -2.28. The van der Waals surface area contributed by atoms with E-state index in [1.165, 1.54) is 15.8 Å². The fourth-order valence-corrected chi connectivity index (χ4v) is 6.44. The van der Waals surface area contributed by atoms with E-state index in [0.29, 0.717) is 11.6 Å². The predicted octanol–water partition coefficient (Wildman–Crippen LogP) is 8.53. The van der Waals surface area contributed by atoms with Crippen LogP contribution in [0.15, 0.2) is 113 Å². The first-order valence-corrected chi connectivity index (χ1v) is 13.5. The molecule has 1 aliphatic heterocycles. The number of ether oxygens (including phenoxy) is 1. The van der Waals surface area contributed by atoms with Gasteiger partial charge in [-0.05, 0) is 48.0 Å². The molecule has 0 bridgehead atoms. The lowest BCUT2D eigenvalue weighted by atomic mass is 9.89. The first-order chi connectivity index (χ1) is 18.2. The van der Waals surface area contributed by atoms with Gasteiger partial charge in [-0.2, -0.15) is 0 Å². The van der Waals surface area contributed by atoms with Crippen LogP contribution in [0.2, 0.25) is 5.02 Å². The van der Waals surface area contributed by atoms with E-state index in [1.807, 2.05) is 48.2 Å². The zero-order valence-electron chi connectivity index (χ0n) is 20.3. The molecule has 5 aromatic rings. The number of fused-ring (bicyclic) bond motifs is 2. The van der Waals surface area contributed by atoms with Crippen molar-refractivity contribution < 1.29 is 4.74 Å². The molecular weight excluding hydrogens is 498 g/mol. The zero-order valence-corrected chi connectivity index (χ0v) is 21.9. The van der Waals surface area contributed by atoms with Crippen molar-refractivity contribution in [2.45, 2.75) is 10.1 Å². The number of H-pyrrole nitrogens is 1. The van der Waals surface area contributed by atoms with Gasteiger partial charge in [0.05, 0.1) is 29.2 Å². The van der Waals surface area contributed by atoms with Crippen molar-refractivity contribution in [3.8, 4) is 5.75 Å². The van der Waals surface area contributed by atoms with E-state index in [1.54, 1.807) is 7.11 Å². The second-order valence-corrected chi connectivity index (χ2v) is 10.6. The average molecular weight is 524 g/mol. The van der Waals surface area contributed by atoms with Crippen molar-refractivity contribution >= 4 is 51.4 Å². The molecule has 0 fully saturated rings. The Labute approximate surface area is 225 Å². The van der Waals surface area contributed by atoms with Crippen molar-refractivity contribution in [3.05, 3.63) is 119 Å². The van der Waals surface area contributed by atoms with Gasteiger partial charge < -0.3 is 15.0 Å². The van der Waals surface area contributed by atoms with Gasteiger partial charge in [0.1, 0.15) is 5.75 Å². The summed E-state index contributed by atoms with van der Waals surface area (Å²) in [4.78, 5) is 9.96. The van der Waals surface area contributed by atoms with Crippen LogP contribution in [0, 0.1) is 5.92 Å². The molecule has 1 aromatic heterocycles. The molecule has 4 nitrogen and oxygen atoms in total. The van der Waals surface area contributed by atoms with Crippen LogP contribution in [0.4, 0.5) is 11.4 Å². The van der Waals surface area contributed by atoms with Crippen LogP contribution in [-0.2, 0) is 0 Å². The van der Waals surface area contributed by atoms with Gasteiger partial charge in [0.2, 0.25) is 0 Å². The van der Waals surface area contributed by atoms with Crippen LogP contribution in [0.25, 0.3) is 10.9 Å². The first-order valence-electron chi connectivity index (χ1n) is 12.2. The molecule has 0 saturated carbocycles. The molecule has 0 amide bonds. The number of methoxy groups -OCH3 is 1. The number of halogens is 1. The summed E-state index contributed by atoms with van der Waals surface area (Å²) in [7, 11) is 1.70. The summed E-state index contributed by atoms with van der Waals surface area (Å²) in [6.45, 7) is 0.666. The third kappa shape index (κ3) is 4.73. The Hall–Kier alpha value is -3.67. The van der Waals surface area contributed by atoms with Crippen molar-refractivity contribution in [2.75, 3.05) is 19.0 Å². The number of hydrogen-bond acceptors (Lipinski definition) is 4. The summed E-state index contributed by atoms with van der Waals surface area (Å²) < 4.78 is 5.45. The zero-order chi connectivity index (χ0) is 25.2. The Bertz CT molecular complexity index is 1580. The SMILES string of the molecule is COc1ccc(C2Sc3ccccc3N=C(c3c[nH]c4ccccc34)C2CNc2ccccc2Cl)cc1. The summed E-state index contributed by atoms with van der Waals surface area (Å²) in [5.41, 5.74) is 6.41. The standard InChI is InChI=1S/C31H26ClN3OS/c1-36-21-16-14-20(15-17-21)31-24(19-34-27-11-5-3-9-25(27)32)30(35-28-12-6-7-13-29(28)37-31)23-18-33-26-10-4-2-8-22(23)26/h2-18,24,31,33-34H,19H2,1H3. The van der Waals surface area contributed by atoms with Crippen molar-refractivity contribution in [2.24, 2.45) is 10.9 Å². The van der Waals surface area contributed by atoms with Crippen molar-refractivity contribution in [3.63, 3.8) is 0 Å². The molecule has 6 heteroatoms. The van der Waals surface area contributed by atoms with Gasteiger partial charge in [-0.15, -0.1) is 11.8 Å². The number of rotatable bonds is 6. The largest absolute Gasteiger partial charge is 0.497 e. The van der Waals surface area contributed by atoms with Crippen LogP contribution in [0.5, 0.6) is 5.75 Å². The minimum atomic E-state index is 0.0428. The second kappa shape index (κ2) is 10.4. The highest BCUT2D eigenvalue weighted by Gasteiger charge is 2.34. The molecule has 2 N–H and O–H groups in total. The third-order valence-electron chi connectivity index (χ3n) is 6.77. The number of nitrogens with one attached hydrogen (secondary N) is 2. The molecule has 2 unspecified atom stereocenters. The van der Waals surface area contributed by atoms with E-state index in [-0.39, 0.29) is 11.2 Å². The minimum absolute atomic E-state index is 0.0428. The summed E-state index contributed by atoms with van der Waals surface area (Å²) in [6, 6.07) is 33.1. The number of aliphatic imine (C=N–C) groups is 1. The molecule has 4 aromatic carbocycles. The Morgan fingerprint density at radius 3 is 2.51 bits per heavy atom. The molecular formula is C31H26ClN3OS. The topological polar surface area (TPSA) is 49.4 Å². The molecule has 37 heavy (non-hydrogen) atoms. The van der Waals surface area contributed by atoms with Crippen molar-refractivity contribution in [1.29, 1.82) is 0 Å². The van der Waals surface area contributed by atoms with E-state index >= 15 is 0 Å². The number of hydrogen-bond donors (Lipinski definition) is 2. The van der Waals surface area contributed by atoms with Crippen LogP contribution in [-0.4, -0.2) is 24.4 Å². The Kier molecular flexibility index (Phi) is 6.64. The summed E-state index contributed by atoms with van der Waals surface area (Å²) >= 11 is 8.39. The highest BCUT2D eigenvalue weighted by atomic mass is 35.5. The fourth-order valence-electron chi connectivity index (χ4n) is 4.89. The van der Waals surface area contributed by atoms with E-state index in [2.05, 4.69) is 77.2 Å². The van der Waals surface area contributed by atoms with Crippen LogP contribution < -0.4 is 10.1 Å². The van der Waals surface area contributed by atoms with Gasteiger partial charge in [-0.3, -0.25) is 4.99 Å². The average Bonchev–Trinajstić information content (AvgIpc) is 3.30. The lowest BCUT2D eigenvalue weighted by molar-refractivity contribution is 0.414. The highest BCUT2D eigenvalue weighted by Crippen LogP contribution is 2.49. The molecule has 184 valence electrons. The number of benzene rings is 4. The monoisotopic (exact) mass is 523 g/mol. The normalized spacial score (nSPS) is 17.1. The number of thioether (sulfide) groups is 1. The number of aromatic amines is 1. The predicted molar refractivity (Wildman–Crippen MR) is 156 cm³/mol. The summed E-state index contributed by atoms with van der Waals surface area (Å²) in [6.07, 6.45) is 2.09. The molecule has 6 rings (SSSR count). The van der Waals surface area contributed by atoms with Crippen LogP contribution >= 0.6 is 23.4 Å². The van der Waals surface area contributed by atoms with Gasteiger partial charge in [-0.1, -0.05) is 66.2 Å². The van der Waals surface area contributed by atoms with E-state index in [0.717, 1.165) is 33.9 Å². The Morgan fingerprint density at radius 2 is 1.68 bits per heavy atom. The Balaban J connectivity index is 1.51. The van der Waals surface area contributed by atoms with Gasteiger partial charge >= 0.3 is 0 Å². The molecule has 0 aliphatic carbocycles. The van der Waals surface area contributed by atoms with Gasteiger partial charge in [0, 0.05) is 45.3 Å². The highest BCUT2D eigenvalue weighted by molar-refractivity contribution is 7.99. The number of nitrogens with zero attached hydrogens (tertiary/aromatic N) is 1. The van der Waals surface area contributed by atoms with E-state index in [4.69, 9.17) is 21.3 Å². The maximum atomic E-state index is 6.53. The molecule has 1 aliphatic rings. The molecule has 2 heterocycles. The molecule has 0 spiro atoms. The van der Waals surface area contributed by atoms with Gasteiger partial charge in [0.15, 0.2) is 0 Å². The quantitative estimate of drug-likeness (QED) is 0.234. The summed E-state index contributed by atoms with van der Waals surface area (Å²) in [5.74, 6) is 0.889. The van der Waals surface area contributed by atoms with Gasteiger partial charge in [-0.25, -0.2) is 0 Å². The third-order valence-corrected chi connectivity index (χ3v) is 8.56. The van der Waals surface area contributed by atoms with Crippen molar-refractivity contribution in [1.82, 2.24) is 4.98 Å². The second-order valence-electron chi connectivity index (χ2n) is 8.99. The Morgan fingerprint density at radius 1 is 0.919 bits per heavy atom.